The van der Waals surface area contributed by atoms with Crippen LogP contribution in [0.2, 0.25) is 10.0 Å². The molecule has 1 heterocycles. The standard InChI is InChI=1S/C11H11Cl2NO3/c1-11(2,3)17-10(16)9(15)8-6(12)4-14-5-7(8)13/h4-5H,1-3H3. The minimum absolute atomic E-state index is 0.0216. The van der Waals surface area contributed by atoms with Crippen molar-refractivity contribution in [3.05, 3.63) is 28.0 Å². The van der Waals surface area contributed by atoms with Crippen molar-refractivity contribution in [2.45, 2.75) is 26.4 Å². The first-order chi connectivity index (χ1) is 7.72. The Hall–Kier alpha value is -1.13. The molecule has 0 N–H and O–H groups in total. The monoisotopic (exact) mass is 275 g/mol. The number of carbonyl (C=O) groups excluding carboxylic acids is 2. The van der Waals surface area contributed by atoms with Crippen LogP contribution in [0, 0.1) is 0 Å². The van der Waals surface area contributed by atoms with Gasteiger partial charge in [0, 0.05) is 12.4 Å². The lowest BCUT2D eigenvalue weighted by molar-refractivity contribution is -0.148. The molecule has 0 aromatic carbocycles. The SMILES string of the molecule is CC(C)(C)OC(=O)C(=O)c1c(Cl)cncc1Cl. The minimum atomic E-state index is -0.993. The van der Waals surface area contributed by atoms with Gasteiger partial charge < -0.3 is 4.74 Å². The Kier molecular flexibility index (Phi) is 4.11. The van der Waals surface area contributed by atoms with Crippen molar-refractivity contribution in [1.29, 1.82) is 0 Å². The van der Waals surface area contributed by atoms with Gasteiger partial charge in [0.2, 0.25) is 0 Å². The summed E-state index contributed by atoms with van der Waals surface area (Å²) in [5.41, 5.74) is -0.837. The predicted octanol–water partition coefficient (Wildman–Crippen LogP) is 2.91. The highest BCUT2D eigenvalue weighted by Gasteiger charge is 2.27. The Morgan fingerprint density at radius 1 is 1.18 bits per heavy atom. The van der Waals surface area contributed by atoms with Crippen molar-refractivity contribution in [3.63, 3.8) is 0 Å². The molecule has 0 aliphatic carbocycles. The van der Waals surface area contributed by atoms with E-state index in [9.17, 15) is 9.59 Å². The van der Waals surface area contributed by atoms with Crippen molar-refractivity contribution >= 4 is 35.0 Å². The molecule has 4 nitrogen and oxygen atoms in total. The molecule has 0 spiro atoms. The number of ether oxygens (including phenoxy) is 1. The van der Waals surface area contributed by atoms with Crippen molar-refractivity contribution in [1.82, 2.24) is 4.98 Å². The molecular weight excluding hydrogens is 265 g/mol. The number of rotatable bonds is 2. The quantitative estimate of drug-likeness (QED) is 0.473. The van der Waals surface area contributed by atoms with Crippen LogP contribution in [0.5, 0.6) is 0 Å². The first-order valence-electron chi connectivity index (χ1n) is 4.79. The number of esters is 1. The summed E-state index contributed by atoms with van der Waals surface area (Å²) >= 11 is 11.5. The zero-order valence-corrected chi connectivity index (χ0v) is 11.1. The van der Waals surface area contributed by atoms with E-state index in [1.54, 1.807) is 20.8 Å². The summed E-state index contributed by atoms with van der Waals surface area (Å²) in [6.07, 6.45) is 2.48. The average molecular weight is 276 g/mol. The molecule has 1 rings (SSSR count). The minimum Gasteiger partial charge on any atom is -0.454 e. The number of nitrogens with zero attached hydrogens (tertiary/aromatic N) is 1. The first kappa shape index (κ1) is 13.9. The van der Waals surface area contributed by atoms with Crippen molar-refractivity contribution < 1.29 is 14.3 Å². The van der Waals surface area contributed by atoms with Gasteiger partial charge in [-0.3, -0.25) is 9.78 Å². The molecule has 6 heteroatoms. The summed E-state index contributed by atoms with van der Waals surface area (Å²) in [4.78, 5) is 27.0. The van der Waals surface area contributed by atoms with Crippen LogP contribution in [-0.2, 0) is 9.53 Å². The second-order valence-corrected chi connectivity index (χ2v) is 5.12. The smallest absolute Gasteiger partial charge is 0.380 e. The third-order valence-electron chi connectivity index (χ3n) is 1.66. The van der Waals surface area contributed by atoms with E-state index in [-0.39, 0.29) is 15.6 Å². The summed E-state index contributed by atoms with van der Waals surface area (Å²) < 4.78 is 4.94. The van der Waals surface area contributed by atoms with Crippen LogP contribution < -0.4 is 0 Å². The Morgan fingerprint density at radius 2 is 1.65 bits per heavy atom. The van der Waals surface area contributed by atoms with Gasteiger partial charge in [0.05, 0.1) is 15.6 Å². The second kappa shape index (κ2) is 5.02. The van der Waals surface area contributed by atoms with Crippen molar-refractivity contribution in [3.8, 4) is 0 Å². The average Bonchev–Trinajstić information content (AvgIpc) is 2.14. The normalized spacial score (nSPS) is 11.1. The Bertz CT molecular complexity index is 446. The second-order valence-electron chi connectivity index (χ2n) is 4.31. The first-order valence-corrected chi connectivity index (χ1v) is 5.54. The summed E-state index contributed by atoms with van der Waals surface area (Å²) in [6.45, 7) is 4.98. The van der Waals surface area contributed by atoms with Crippen LogP contribution in [0.3, 0.4) is 0 Å². The maximum Gasteiger partial charge on any atom is 0.380 e. The molecule has 0 bridgehead atoms. The predicted molar refractivity (Wildman–Crippen MR) is 64.4 cm³/mol. The Balaban J connectivity index is 3.02. The lowest BCUT2D eigenvalue weighted by Gasteiger charge is -2.19. The third kappa shape index (κ3) is 3.68. The van der Waals surface area contributed by atoms with E-state index in [0.29, 0.717) is 0 Å². The largest absolute Gasteiger partial charge is 0.454 e. The topological polar surface area (TPSA) is 56.3 Å². The molecule has 0 saturated carbocycles. The van der Waals surface area contributed by atoms with E-state index < -0.39 is 17.4 Å². The van der Waals surface area contributed by atoms with Gasteiger partial charge >= 0.3 is 5.97 Å². The van der Waals surface area contributed by atoms with E-state index in [0.717, 1.165) is 0 Å². The molecule has 0 unspecified atom stereocenters. The van der Waals surface area contributed by atoms with Gasteiger partial charge in [-0.15, -0.1) is 0 Å². The van der Waals surface area contributed by atoms with Gasteiger partial charge in [-0.25, -0.2) is 4.79 Å². The van der Waals surface area contributed by atoms with Gasteiger partial charge in [-0.2, -0.15) is 0 Å². The van der Waals surface area contributed by atoms with Crippen LogP contribution >= 0.6 is 23.2 Å². The molecule has 0 fully saturated rings. The van der Waals surface area contributed by atoms with Crippen LogP contribution in [0.15, 0.2) is 12.4 Å². The highest BCUT2D eigenvalue weighted by molar-refractivity contribution is 6.49. The van der Waals surface area contributed by atoms with E-state index in [1.807, 2.05) is 0 Å². The van der Waals surface area contributed by atoms with Crippen LogP contribution in [-0.4, -0.2) is 22.3 Å². The number of hydrogen-bond donors (Lipinski definition) is 0. The molecule has 1 aromatic heterocycles. The fourth-order valence-corrected chi connectivity index (χ4v) is 1.59. The van der Waals surface area contributed by atoms with E-state index in [2.05, 4.69) is 4.98 Å². The summed E-state index contributed by atoms with van der Waals surface area (Å²) in [6, 6.07) is 0. The number of aromatic nitrogens is 1. The molecule has 0 aliphatic heterocycles. The van der Waals surface area contributed by atoms with Crippen LogP contribution in [0.4, 0.5) is 0 Å². The van der Waals surface area contributed by atoms with Gasteiger partial charge in [-0.1, -0.05) is 23.2 Å². The summed E-state index contributed by atoms with van der Waals surface area (Å²) in [5.74, 6) is -1.87. The highest BCUT2D eigenvalue weighted by Crippen LogP contribution is 2.24. The van der Waals surface area contributed by atoms with E-state index in [4.69, 9.17) is 27.9 Å². The zero-order chi connectivity index (χ0) is 13.2. The van der Waals surface area contributed by atoms with Crippen molar-refractivity contribution in [2.75, 3.05) is 0 Å². The molecule has 0 radical (unpaired) electrons. The number of ketones is 1. The Morgan fingerprint density at radius 3 is 2.06 bits per heavy atom. The van der Waals surface area contributed by atoms with Crippen LogP contribution in [0.25, 0.3) is 0 Å². The van der Waals surface area contributed by atoms with Gasteiger partial charge in [0.1, 0.15) is 5.60 Å². The third-order valence-corrected chi connectivity index (χ3v) is 2.24. The molecule has 17 heavy (non-hydrogen) atoms. The van der Waals surface area contributed by atoms with E-state index >= 15 is 0 Å². The highest BCUT2D eigenvalue weighted by atomic mass is 35.5. The molecular formula is C11H11Cl2NO3. The van der Waals surface area contributed by atoms with Gasteiger partial charge in [0.25, 0.3) is 5.78 Å². The maximum atomic E-state index is 11.8. The zero-order valence-electron chi connectivity index (χ0n) is 9.58. The summed E-state index contributed by atoms with van der Waals surface area (Å²) in [7, 11) is 0. The van der Waals surface area contributed by atoms with Crippen LogP contribution in [0.1, 0.15) is 31.1 Å². The molecule has 92 valence electrons. The molecule has 0 amide bonds. The number of hydrogen-bond acceptors (Lipinski definition) is 4. The van der Waals surface area contributed by atoms with Gasteiger partial charge in [0.15, 0.2) is 0 Å². The Labute approximate surface area is 109 Å². The number of Topliss-reactive ketones (excluding diaryl/α,β-unsaturated/α-hetero) is 1. The van der Waals surface area contributed by atoms with Gasteiger partial charge in [-0.05, 0) is 20.8 Å². The fraction of sp³-hybridized carbons (Fsp3) is 0.364. The lowest BCUT2D eigenvalue weighted by atomic mass is 10.1. The summed E-state index contributed by atoms with van der Waals surface area (Å²) in [5, 5.41) is 0.0433. The molecule has 0 atom stereocenters. The number of carbonyl (C=O) groups is 2. The number of halogens is 2. The molecule has 0 aliphatic rings. The maximum absolute atomic E-state index is 11.8. The molecule has 0 saturated heterocycles. The number of pyridine rings is 1. The van der Waals surface area contributed by atoms with Crippen molar-refractivity contribution in [2.24, 2.45) is 0 Å². The van der Waals surface area contributed by atoms with E-state index in [1.165, 1.54) is 12.4 Å². The lowest BCUT2D eigenvalue weighted by Crippen LogP contribution is -2.29. The molecule has 1 aromatic rings. The fourth-order valence-electron chi connectivity index (χ4n) is 1.05.